The fraction of sp³-hybridized carbons (Fsp3) is 0.333. The smallest absolute Gasteiger partial charge is 0.135 e. The predicted molar refractivity (Wildman–Crippen MR) is 101 cm³/mol. The van der Waals surface area contributed by atoms with Crippen LogP contribution in [0.2, 0.25) is 0 Å². The number of fused-ring (bicyclic) bond motifs is 1. The molecule has 0 amide bonds. The van der Waals surface area contributed by atoms with E-state index in [0.29, 0.717) is 16.9 Å². The van der Waals surface area contributed by atoms with Gasteiger partial charge in [0, 0.05) is 10.9 Å². The van der Waals surface area contributed by atoms with Crippen molar-refractivity contribution in [1.82, 2.24) is 0 Å². The van der Waals surface area contributed by atoms with Gasteiger partial charge in [-0.2, -0.15) is 0 Å². The van der Waals surface area contributed by atoms with E-state index in [9.17, 15) is 20.4 Å². The van der Waals surface area contributed by atoms with Crippen LogP contribution in [0.25, 0.3) is 22.3 Å². The van der Waals surface area contributed by atoms with E-state index >= 15 is 0 Å². The topological polar surface area (TPSA) is 113 Å². The Balaban J connectivity index is 1.66. The molecule has 1 aliphatic rings. The summed E-state index contributed by atoms with van der Waals surface area (Å²) in [6, 6.07) is 14.7. The standard InChI is InChI=1S/C21H22O7/c1-26-14-5-2-11(3-6-14)16-9-13-8-12(4-7-15(13)27-16)21-20(25)19(24)18(23)17(10-22)28-21/h2-9,17-25H,10H2,1H3/t17-,18-,19+,20-,21+/m1/s1. The molecule has 0 spiro atoms. The van der Waals surface area contributed by atoms with Crippen molar-refractivity contribution in [3.63, 3.8) is 0 Å². The lowest BCUT2D eigenvalue weighted by Gasteiger charge is -2.40. The summed E-state index contributed by atoms with van der Waals surface area (Å²) in [5.41, 5.74) is 2.18. The zero-order chi connectivity index (χ0) is 19.8. The van der Waals surface area contributed by atoms with E-state index in [-0.39, 0.29) is 0 Å². The monoisotopic (exact) mass is 386 g/mol. The van der Waals surface area contributed by atoms with Gasteiger partial charge in [-0.15, -0.1) is 0 Å². The lowest BCUT2D eigenvalue weighted by molar-refractivity contribution is -0.231. The van der Waals surface area contributed by atoms with Gasteiger partial charge in [0.25, 0.3) is 0 Å². The largest absolute Gasteiger partial charge is 0.497 e. The summed E-state index contributed by atoms with van der Waals surface area (Å²) in [7, 11) is 1.61. The second-order valence-corrected chi connectivity index (χ2v) is 6.89. The summed E-state index contributed by atoms with van der Waals surface area (Å²) in [4.78, 5) is 0. The maximum atomic E-state index is 10.3. The highest BCUT2D eigenvalue weighted by atomic mass is 16.5. The molecule has 1 fully saturated rings. The zero-order valence-electron chi connectivity index (χ0n) is 15.2. The molecule has 0 bridgehead atoms. The van der Waals surface area contributed by atoms with Crippen molar-refractivity contribution in [2.24, 2.45) is 0 Å². The van der Waals surface area contributed by atoms with Gasteiger partial charge in [-0.05, 0) is 48.0 Å². The van der Waals surface area contributed by atoms with Crippen molar-refractivity contribution in [2.75, 3.05) is 13.7 Å². The quantitative estimate of drug-likeness (QED) is 0.539. The summed E-state index contributed by atoms with van der Waals surface area (Å²) in [5, 5.41) is 40.5. The third-order valence-corrected chi connectivity index (χ3v) is 5.14. The average Bonchev–Trinajstić information content (AvgIpc) is 3.16. The molecule has 4 rings (SSSR count). The molecule has 1 aromatic heterocycles. The van der Waals surface area contributed by atoms with Crippen LogP contribution in [-0.2, 0) is 4.74 Å². The van der Waals surface area contributed by atoms with Crippen molar-refractivity contribution in [1.29, 1.82) is 0 Å². The Bertz CT molecular complexity index is 947. The normalized spacial score (nSPS) is 27.8. The Labute approximate surface area is 161 Å². The summed E-state index contributed by atoms with van der Waals surface area (Å²) in [6.07, 6.45) is -5.93. The Morgan fingerprint density at radius 3 is 2.36 bits per heavy atom. The summed E-state index contributed by atoms with van der Waals surface area (Å²) in [6.45, 7) is -0.461. The van der Waals surface area contributed by atoms with Crippen LogP contribution >= 0.6 is 0 Å². The minimum atomic E-state index is -1.41. The SMILES string of the molecule is COc1ccc(-c2cc3cc([C@@H]4O[C@H](CO)[C@@H](O)[C@H](O)[C@H]4O)ccc3o2)cc1. The second-order valence-electron chi connectivity index (χ2n) is 6.89. The molecule has 0 unspecified atom stereocenters. The van der Waals surface area contributed by atoms with E-state index < -0.39 is 37.1 Å². The molecule has 1 saturated heterocycles. The Morgan fingerprint density at radius 2 is 1.68 bits per heavy atom. The molecule has 0 saturated carbocycles. The number of hydrogen-bond acceptors (Lipinski definition) is 7. The average molecular weight is 386 g/mol. The number of hydrogen-bond donors (Lipinski definition) is 4. The Hall–Kier alpha value is -2.42. The second kappa shape index (κ2) is 7.54. The van der Waals surface area contributed by atoms with Gasteiger partial charge >= 0.3 is 0 Å². The summed E-state index contributed by atoms with van der Waals surface area (Å²) in [5.74, 6) is 1.44. The summed E-state index contributed by atoms with van der Waals surface area (Å²) < 4.78 is 16.7. The van der Waals surface area contributed by atoms with Gasteiger partial charge in [0.15, 0.2) is 0 Å². The minimum Gasteiger partial charge on any atom is -0.497 e. The van der Waals surface area contributed by atoms with E-state index in [1.54, 1.807) is 25.3 Å². The molecule has 2 aromatic carbocycles. The number of rotatable bonds is 4. The number of ether oxygens (including phenoxy) is 2. The maximum absolute atomic E-state index is 10.3. The molecule has 5 atom stereocenters. The van der Waals surface area contributed by atoms with Gasteiger partial charge in [-0.25, -0.2) is 0 Å². The van der Waals surface area contributed by atoms with Crippen LogP contribution in [0, 0.1) is 0 Å². The van der Waals surface area contributed by atoms with Gasteiger partial charge in [0.1, 0.15) is 47.6 Å². The maximum Gasteiger partial charge on any atom is 0.135 e. The van der Waals surface area contributed by atoms with Gasteiger partial charge in [0.2, 0.25) is 0 Å². The zero-order valence-corrected chi connectivity index (χ0v) is 15.2. The van der Waals surface area contributed by atoms with Crippen LogP contribution in [0.5, 0.6) is 5.75 Å². The molecule has 7 nitrogen and oxygen atoms in total. The van der Waals surface area contributed by atoms with Crippen molar-refractivity contribution in [3.8, 4) is 17.1 Å². The van der Waals surface area contributed by atoms with Crippen molar-refractivity contribution in [2.45, 2.75) is 30.5 Å². The van der Waals surface area contributed by atoms with Crippen LogP contribution in [0.15, 0.2) is 52.9 Å². The molecule has 7 heteroatoms. The molecular formula is C21H22O7. The van der Waals surface area contributed by atoms with Crippen molar-refractivity contribution >= 4 is 11.0 Å². The van der Waals surface area contributed by atoms with E-state index in [1.807, 2.05) is 30.3 Å². The number of furan rings is 1. The minimum absolute atomic E-state index is 0.461. The van der Waals surface area contributed by atoms with Crippen LogP contribution in [0.4, 0.5) is 0 Å². The first-order valence-corrected chi connectivity index (χ1v) is 9.00. The third-order valence-electron chi connectivity index (χ3n) is 5.14. The number of aliphatic hydroxyl groups excluding tert-OH is 4. The fourth-order valence-corrected chi connectivity index (χ4v) is 3.51. The highest BCUT2D eigenvalue weighted by Crippen LogP contribution is 2.35. The van der Waals surface area contributed by atoms with Gasteiger partial charge < -0.3 is 34.3 Å². The molecular weight excluding hydrogens is 364 g/mol. The lowest BCUT2D eigenvalue weighted by atomic mass is 9.91. The summed E-state index contributed by atoms with van der Waals surface area (Å²) >= 11 is 0. The first kappa shape index (κ1) is 18.9. The molecule has 2 heterocycles. The van der Waals surface area contributed by atoms with Crippen molar-refractivity contribution < 1.29 is 34.3 Å². The number of methoxy groups -OCH3 is 1. The van der Waals surface area contributed by atoms with E-state index in [1.165, 1.54) is 0 Å². The molecule has 148 valence electrons. The van der Waals surface area contributed by atoms with Gasteiger partial charge in [-0.1, -0.05) is 6.07 Å². The molecule has 28 heavy (non-hydrogen) atoms. The third kappa shape index (κ3) is 3.28. The van der Waals surface area contributed by atoms with E-state index in [4.69, 9.17) is 13.9 Å². The molecule has 1 aliphatic heterocycles. The molecule has 3 aromatic rings. The number of aliphatic hydroxyl groups is 4. The first-order valence-electron chi connectivity index (χ1n) is 9.00. The highest BCUT2D eigenvalue weighted by molar-refractivity contribution is 5.83. The van der Waals surface area contributed by atoms with Crippen LogP contribution in [0.1, 0.15) is 11.7 Å². The molecule has 0 radical (unpaired) electrons. The molecule has 4 N–H and O–H groups in total. The number of benzene rings is 2. The molecule has 0 aliphatic carbocycles. The highest BCUT2D eigenvalue weighted by Gasteiger charge is 2.43. The first-order chi connectivity index (χ1) is 13.5. The fourth-order valence-electron chi connectivity index (χ4n) is 3.51. The van der Waals surface area contributed by atoms with E-state index in [2.05, 4.69) is 0 Å². The van der Waals surface area contributed by atoms with Crippen molar-refractivity contribution in [3.05, 3.63) is 54.1 Å². The van der Waals surface area contributed by atoms with Crippen LogP contribution in [0.3, 0.4) is 0 Å². The lowest BCUT2D eigenvalue weighted by Crippen LogP contribution is -2.55. The Morgan fingerprint density at radius 1 is 0.929 bits per heavy atom. The Kier molecular flexibility index (Phi) is 5.09. The van der Waals surface area contributed by atoms with Gasteiger partial charge in [0.05, 0.1) is 13.7 Å². The van der Waals surface area contributed by atoms with Crippen LogP contribution < -0.4 is 4.74 Å². The van der Waals surface area contributed by atoms with Gasteiger partial charge in [-0.3, -0.25) is 0 Å². The van der Waals surface area contributed by atoms with E-state index in [0.717, 1.165) is 16.7 Å². The van der Waals surface area contributed by atoms with Crippen LogP contribution in [-0.4, -0.2) is 58.6 Å². The predicted octanol–water partition coefficient (Wildman–Crippen LogP) is 1.62.